The second-order valence-corrected chi connectivity index (χ2v) is 24.3. The number of cyclic esters (lactones) is 2. The monoisotopic (exact) mass is 1010 g/mol. The minimum atomic E-state index is -1.25. The van der Waals surface area contributed by atoms with Gasteiger partial charge in [-0.2, -0.15) is 0 Å². The maximum atomic E-state index is 13.2. The lowest BCUT2D eigenvalue weighted by Crippen LogP contribution is -2.45. The summed E-state index contributed by atoms with van der Waals surface area (Å²) in [5.74, 6) is -3.37. The van der Waals surface area contributed by atoms with Gasteiger partial charge in [0.1, 0.15) is 23.8 Å². The summed E-state index contributed by atoms with van der Waals surface area (Å²) in [4.78, 5) is 61.2. The summed E-state index contributed by atoms with van der Waals surface area (Å²) in [5, 5.41) is 49.1. The van der Waals surface area contributed by atoms with Crippen LogP contribution in [0, 0.1) is 48.3 Å². The molecule has 4 aliphatic heterocycles. The maximum absolute atomic E-state index is 13.2. The van der Waals surface area contributed by atoms with Gasteiger partial charge in [-0.05, 0) is 90.0 Å². The largest absolute Gasteiger partial charge is 0.458 e. The Morgan fingerprint density at radius 3 is 1.54 bits per heavy atom. The molecule has 4 N–H and O–H groups in total. The molecule has 2 aromatic heterocycles. The molecule has 14 nitrogen and oxygen atoms in total. The molecule has 3 fully saturated rings. The Bertz CT molecular complexity index is 2260. The van der Waals surface area contributed by atoms with Gasteiger partial charge in [0.05, 0.1) is 92.9 Å². The number of ketones is 2. The fourth-order valence-corrected chi connectivity index (χ4v) is 10.9. The molecular formula is C54H80N2O12S2. The van der Waals surface area contributed by atoms with Crippen LogP contribution in [0.5, 0.6) is 0 Å². The first-order valence-corrected chi connectivity index (χ1v) is 26.7. The highest BCUT2D eigenvalue weighted by atomic mass is 32.1. The Morgan fingerprint density at radius 2 is 1.10 bits per heavy atom. The molecule has 0 bridgehead atoms. The van der Waals surface area contributed by atoms with E-state index in [2.05, 4.69) is 16.9 Å². The highest BCUT2D eigenvalue weighted by molar-refractivity contribution is 7.09. The summed E-state index contributed by atoms with van der Waals surface area (Å²) in [6, 6.07) is 0. The van der Waals surface area contributed by atoms with E-state index in [9.17, 15) is 39.6 Å². The number of epoxide rings is 2. The van der Waals surface area contributed by atoms with Crippen molar-refractivity contribution in [3.63, 3.8) is 0 Å². The van der Waals surface area contributed by atoms with Crippen molar-refractivity contribution in [2.24, 2.45) is 34.5 Å². The number of fused-ring (bicyclic) bond motifs is 2. The minimum Gasteiger partial charge on any atom is -0.458 e. The third kappa shape index (κ3) is 14.4. The second kappa shape index (κ2) is 23.2. The lowest BCUT2D eigenvalue weighted by atomic mass is 9.73. The van der Waals surface area contributed by atoms with Crippen LogP contribution >= 0.6 is 22.7 Å². The first-order valence-electron chi connectivity index (χ1n) is 24.9. The van der Waals surface area contributed by atoms with Gasteiger partial charge >= 0.3 is 11.9 Å². The molecule has 14 atom stereocenters. The zero-order chi connectivity index (χ0) is 52.3. The van der Waals surface area contributed by atoms with Crippen LogP contribution in [0.15, 0.2) is 34.1 Å². The van der Waals surface area contributed by atoms with E-state index >= 15 is 0 Å². The molecule has 6 rings (SSSR count). The van der Waals surface area contributed by atoms with Crippen LogP contribution in [0.1, 0.15) is 156 Å². The zero-order valence-electron chi connectivity index (χ0n) is 43.8. The van der Waals surface area contributed by atoms with E-state index in [1.807, 2.05) is 83.5 Å². The van der Waals surface area contributed by atoms with Crippen LogP contribution < -0.4 is 0 Å². The van der Waals surface area contributed by atoms with Crippen LogP contribution in [-0.2, 0) is 38.1 Å². The van der Waals surface area contributed by atoms with E-state index < -0.39 is 71.2 Å². The molecule has 0 spiro atoms. The van der Waals surface area contributed by atoms with Crippen molar-refractivity contribution in [1.82, 2.24) is 9.97 Å². The molecule has 70 heavy (non-hydrogen) atoms. The fourth-order valence-electron chi connectivity index (χ4n) is 9.74. The van der Waals surface area contributed by atoms with Crippen molar-refractivity contribution in [2.75, 3.05) is 0 Å². The number of aromatic nitrogens is 2. The number of ether oxygens (including phenoxy) is 4. The van der Waals surface area contributed by atoms with Gasteiger partial charge in [0.25, 0.3) is 0 Å². The number of nitrogens with zero attached hydrogens (tertiary/aromatic N) is 2. The third-order valence-electron chi connectivity index (χ3n) is 15.4. The van der Waals surface area contributed by atoms with Crippen molar-refractivity contribution >= 4 is 58.3 Å². The molecule has 6 heterocycles. The predicted molar refractivity (Wildman–Crippen MR) is 272 cm³/mol. The number of esters is 2. The Hall–Kier alpha value is -3.48. The van der Waals surface area contributed by atoms with E-state index in [4.69, 9.17) is 18.9 Å². The number of aryl methyl sites for hydroxylation is 2. The van der Waals surface area contributed by atoms with Gasteiger partial charge in [0.2, 0.25) is 0 Å². The van der Waals surface area contributed by atoms with Crippen molar-refractivity contribution in [2.45, 2.75) is 208 Å². The lowest BCUT2D eigenvalue weighted by molar-refractivity contribution is -0.156. The molecule has 0 radical (unpaired) electrons. The van der Waals surface area contributed by atoms with Gasteiger partial charge in [-0.25, -0.2) is 9.97 Å². The van der Waals surface area contributed by atoms with E-state index in [-0.39, 0.29) is 59.7 Å². The summed E-state index contributed by atoms with van der Waals surface area (Å²) >= 11 is 3.11. The van der Waals surface area contributed by atoms with Crippen molar-refractivity contribution in [1.29, 1.82) is 0 Å². The molecule has 0 amide bonds. The third-order valence-corrected chi connectivity index (χ3v) is 17.0. The Labute approximate surface area is 423 Å². The van der Waals surface area contributed by atoms with Crippen LogP contribution in [0.3, 0.4) is 0 Å². The molecule has 4 aliphatic rings. The topological polar surface area (TPSA) is 218 Å². The van der Waals surface area contributed by atoms with Gasteiger partial charge in [-0.15, -0.1) is 22.7 Å². The first kappa shape index (κ1) is 57.4. The normalized spacial score (nSPS) is 37.7. The number of aliphatic hydroxyl groups excluding tert-OH is 4. The molecule has 0 saturated carbocycles. The molecular weight excluding hydrogens is 933 g/mol. The molecule has 16 heteroatoms. The van der Waals surface area contributed by atoms with Gasteiger partial charge in [-0.1, -0.05) is 74.0 Å². The number of thiazole rings is 2. The summed E-state index contributed by atoms with van der Waals surface area (Å²) < 4.78 is 23.8. The number of Topliss-reactive ketones (excluding diaryl/α,β-unsaturated/α-hetero) is 2. The zero-order valence-corrected chi connectivity index (χ0v) is 45.4. The average Bonchev–Trinajstić information content (AvgIpc) is 3.94. The Kier molecular flexibility index (Phi) is 19.0. The first-order chi connectivity index (χ1) is 32.5. The molecule has 390 valence electrons. The average molecular weight is 1010 g/mol. The van der Waals surface area contributed by atoms with Crippen LogP contribution in [-0.4, -0.2) is 114 Å². The fraction of sp³-hybridized carbons (Fsp3) is 0.704. The molecule has 2 unspecified atom stereocenters. The summed E-state index contributed by atoms with van der Waals surface area (Å²) in [5.41, 5.74) is 0.218. The quantitative estimate of drug-likeness (QED) is 0.128. The molecule has 3 saturated heterocycles. The number of hydrogen-bond donors (Lipinski definition) is 4. The van der Waals surface area contributed by atoms with Crippen molar-refractivity contribution in [3.8, 4) is 0 Å². The second-order valence-electron chi connectivity index (χ2n) is 22.2. The summed E-state index contributed by atoms with van der Waals surface area (Å²) in [7, 11) is 0. The van der Waals surface area contributed by atoms with Crippen LogP contribution in [0.2, 0.25) is 0 Å². The van der Waals surface area contributed by atoms with Gasteiger partial charge in [-0.3, -0.25) is 19.2 Å². The van der Waals surface area contributed by atoms with Gasteiger partial charge < -0.3 is 39.4 Å². The molecule has 0 aliphatic carbocycles. The minimum absolute atomic E-state index is 0.0455. The number of carbonyl (C=O) groups excluding carboxylic acids is 4. The van der Waals surface area contributed by atoms with Crippen molar-refractivity contribution in [3.05, 3.63) is 55.5 Å². The summed E-state index contributed by atoms with van der Waals surface area (Å²) in [6.45, 7) is 25.4. The predicted octanol–water partition coefficient (Wildman–Crippen LogP) is 8.73. The van der Waals surface area contributed by atoms with Crippen molar-refractivity contribution < 1.29 is 58.6 Å². The standard InChI is InChI=1S/C27H41NO6S.C27H39NO6S/c2*1-15-9-8-10-27(7)22(34-27)12-20(16(2)11-19-14-35-18(4)28-19)33-23(30)13-21(29)26(5,6)25(32)17(3)24(15)31/h11,14-15,17,20-22,24,29,31H,8-10,12-13H2,1-7H3;8-9,11,14-15,17,20-22,24,29,31H,10,12-13H2,1-7H3/b16-11+;9-8+,16-11+/t2*15-,17+,20-,21-,22?,24-,27-/m00/s1. The SMILES string of the molecule is C/C(=C\c1csc(C)n1)[C@@H]1CC2O[C@@]2(C)C/C=C/[C@H](C)[C@H](O)[C@@H](C)C(=O)C(C)(C)[C@@H](O)CC(=O)O1.C/C(=C\c1csc(C)n1)[C@@H]1CC2O[C@@]2(C)CCC[C@H](C)[C@H](O)[C@@H](C)C(=O)C(C)(C)[C@@H](O)CC(=O)O1. The Balaban J connectivity index is 0.000000261. The summed E-state index contributed by atoms with van der Waals surface area (Å²) in [6.07, 6.45) is 5.82. The maximum Gasteiger partial charge on any atom is 0.309 e. The molecule has 0 aromatic carbocycles. The Morgan fingerprint density at radius 1 is 0.671 bits per heavy atom. The number of hydrogen-bond acceptors (Lipinski definition) is 16. The lowest BCUT2D eigenvalue weighted by Gasteiger charge is -2.34. The number of carbonyl (C=O) groups is 4. The number of aliphatic hydroxyl groups is 4. The number of rotatable bonds is 4. The van der Waals surface area contributed by atoms with Crippen LogP contribution in [0.4, 0.5) is 0 Å². The highest BCUT2D eigenvalue weighted by Gasteiger charge is 2.54. The molecule has 2 aromatic rings. The van der Waals surface area contributed by atoms with E-state index in [1.54, 1.807) is 64.2 Å². The van der Waals surface area contributed by atoms with Crippen LogP contribution in [0.25, 0.3) is 12.2 Å². The van der Waals surface area contributed by atoms with E-state index in [0.717, 1.165) is 51.8 Å². The van der Waals surface area contributed by atoms with Gasteiger partial charge in [0, 0.05) is 41.4 Å². The van der Waals surface area contributed by atoms with E-state index in [0.29, 0.717) is 19.3 Å². The van der Waals surface area contributed by atoms with E-state index in [1.165, 1.54) is 0 Å². The van der Waals surface area contributed by atoms with Gasteiger partial charge in [0.15, 0.2) is 0 Å². The smallest absolute Gasteiger partial charge is 0.309 e. The highest BCUT2D eigenvalue weighted by Crippen LogP contribution is 2.46.